The van der Waals surface area contributed by atoms with Crippen LogP contribution in [0.3, 0.4) is 0 Å². The summed E-state index contributed by atoms with van der Waals surface area (Å²) in [7, 11) is 0. The summed E-state index contributed by atoms with van der Waals surface area (Å²) in [5, 5.41) is 15.2. The van der Waals surface area contributed by atoms with Crippen molar-refractivity contribution in [2.24, 2.45) is 0 Å². The van der Waals surface area contributed by atoms with Crippen LogP contribution in [0.2, 0.25) is 0 Å². The first-order chi connectivity index (χ1) is 8.81. The topological polar surface area (TPSA) is 70.7 Å². The lowest BCUT2D eigenvalue weighted by Gasteiger charge is -2.00. The van der Waals surface area contributed by atoms with Gasteiger partial charge >= 0.3 is 0 Å². The number of hydrogen-bond donors (Lipinski definition) is 1. The Balaban J connectivity index is 2.07. The second kappa shape index (κ2) is 5.64. The number of nitrogens with one attached hydrogen (secondary N) is 1. The Morgan fingerprint density at radius 2 is 2.17 bits per heavy atom. The third-order valence-electron chi connectivity index (χ3n) is 2.39. The van der Waals surface area contributed by atoms with Gasteiger partial charge in [-0.25, -0.2) is 4.68 Å². The van der Waals surface area contributed by atoms with E-state index >= 15 is 0 Å². The van der Waals surface area contributed by atoms with E-state index in [9.17, 15) is 4.79 Å². The molecule has 1 heterocycles. The van der Waals surface area contributed by atoms with Crippen molar-refractivity contribution in [3.05, 3.63) is 48.3 Å². The monoisotopic (exact) mass is 240 g/mol. The molecule has 2 rings (SSSR count). The third-order valence-corrected chi connectivity index (χ3v) is 2.39. The van der Waals surface area contributed by atoms with E-state index < -0.39 is 0 Å². The molecular formula is C13H12N4O. The first-order valence-electron chi connectivity index (χ1n) is 5.56. The maximum atomic E-state index is 11.7. The second-order valence-corrected chi connectivity index (χ2v) is 3.67. The summed E-state index contributed by atoms with van der Waals surface area (Å²) in [5.74, 6) is -0.215. The summed E-state index contributed by atoms with van der Waals surface area (Å²) < 4.78 is 1.64. The van der Waals surface area contributed by atoms with Crippen molar-refractivity contribution in [3.63, 3.8) is 0 Å². The molecule has 5 heteroatoms. The zero-order chi connectivity index (χ0) is 12.8. The minimum atomic E-state index is -0.215. The van der Waals surface area contributed by atoms with Crippen LogP contribution in [0, 0.1) is 11.3 Å². The van der Waals surface area contributed by atoms with Crippen molar-refractivity contribution in [1.29, 1.82) is 5.26 Å². The van der Waals surface area contributed by atoms with Gasteiger partial charge in [0.25, 0.3) is 5.91 Å². The SMILES string of the molecule is N#CCCNC(=O)c1cnn(-c2ccccc2)c1. The molecule has 0 aliphatic rings. The van der Waals surface area contributed by atoms with Crippen LogP contribution in [-0.2, 0) is 0 Å². The Hall–Kier alpha value is -2.61. The van der Waals surface area contributed by atoms with Crippen molar-refractivity contribution in [2.45, 2.75) is 6.42 Å². The van der Waals surface area contributed by atoms with Gasteiger partial charge in [-0.05, 0) is 12.1 Å². The molecule has 0 fully saturated rings. The molecule has 0 atom stereocenters. The van der Waals surface area contributed by atoms with Gasteiger partial charge in [0, 0.05) is 12.7 Å². The molecule has 0 spiro atoms. The molecule has 0 saturated carbocycles. The molecule has 0 bridgehead atoms. The Morgan fingerprint density at radius 1 is 1.39 bits per heavy atom. The predicted octanol–water partition coefficient (Wildman–Crippen LogP) is 1.52. The van der Waals surface area contributed by atoms with E-state index in [-0.39, 0.29) is 5.91 Å². The maximum absolute atomic E-state index is 11.7. The van der Waals surface area contributed by atoms with Crippen LogP contribution < -0.4 is 5.32 Å². The Labute approximate surface area is 105 Å². The summed E-state index contributed by atoms with van der Waals surface area (Å²) in [6.45, 7) is 0.353. The fourth-order valence-corrected chi connectivity index (χ4v) is 1.50. The summed E-state index contributed by atoms with van der Waals surface area (Å²) in [6.07, 6.45) is 3.48. The van der Waals surface area contributed by atoms with E-state index in [1.807, 2.05) is 36.4 Å². The Morgan fingerprint density at radius 3 is 2.89 bits per heavy atom. The van der Waals surface area contributed by atoms with E-state index in [1.165, 1.54) is 6.20 Å². The highest BCUT2D eigenvalue weighted by molar-refractivity contribution is 5.93. The van der Waals surface area contributed by atoms with Gasteiger partial charge < -0.3 is 5.32 Å². The zero-order valence-electron chi connectivity index (χ0n) is 9.71. The highest BCUT2D eigenvalue weighted by atomic mass is 16.1. The molecule has 0 saturated heterocycles. The number of benzene rings is 1. The minimum absolute atomic E-state index is 0.215. The zero-order valence-corrected chi connectivity index (χ0v) is 9.71. The van der Waals surface area contributed by atoms with Crippen molar-refractivity contribution >= 4 is 5.91 Å². The van der Waals surface area contributed by atoms with Crippen LogP contribution in [-0.4, -0.2) is 22.2 Å². The molecule has 1 amide bonds. The lowest BCUT2D eigenvalue weighted by Crippen LogP contribution is -2.23. The molecule has 5 nitrogen and oxygen atoms in total. The van der Waals surface area contributed by atoms with Crippen molar-refractivity contribution < 1.29 is 4.79 Å². The molecule has 0 aliphatic carbocycles. The highest BCUT2D eigenvalue weighted by Crippen LogP contribution is 2.07. The fraction of sp³-hybridized carbons (Fsp3) is 0.154. The highest BCUT2D eigenvalue weighted by Gasteiger charge is 2.08. The number of hydrogen-bond acceptors (Lipinski definition) is 3. The quantitative estimate of drug-likeness (QED) is 0.823. The number of carbonyl (C=O) groups excluding carboxylic acids is 1. The molecular weight excluding hydrogens is 228 g/mol. The smallest absolute Gasteiger partial charge is 0.254 e. The van der Waals surface area contributed by atoms with E-state index in [0.717, 1.165) is 5.69 Å². The molecule has 0 radical (unpaired) electrons. The van der Waals surface area contributed by atoms with Crippen molar-refractivity contribution in [1.82, 2.24) is 15.1 Å². The van der Waals surface area contributed by atoms with Gasteiger partial charge in [0.15, 0.2) is 0 Å². The number of aromatic nitrogens is 2. The van der Waals surface area contributed by atoms with Crippen molar-refractivity contribution in [3.8, 4) is 11.8 Å². The normalized spacial score (nSPS) is 9.72. The molecule has 1 aromatic heterocycles. The third kappa shape index (κ3) is 2.74. The van der Waals surface area contributed by atoms with Gasteiger partial charge in [0.05, 0.1) is 29.9 Å². The molecule has 0 unspecified atom stereocenters. The second-order valence-electron chi connectivity index (χ2n) is 3.67. The Bertz CT molecular complexity index is 568. The van der Waals surface area contributed by atoms with Gasteiger partial charge in [-0.3, -0.25) is 4.79 Å². The maximum Gasteiger partial charge on any atom is 0.254 e. The summed E-state index contributed by atoms with van der Waals surface area (Å²) in [6, 6.07) is 11.5. The number of nitriles is 1. The van der Waals surface area contributed by atoms with Gasteiger partial charge in [-0.1, -0.05) is 18.2 Å². The van der Waals surface area contributed by atoms with Crippen LogP contribution in [0.5, 0.6) is 0 Å². The van der Waals surface area contributed by atoms with Crippen LogP contribution in [0.15, 0.2) is 42.7 Å². The molecule has 90 valence electrons. The van der Waals surface area contributed by atoms with Crippen LogP contribution >= 0.6 is 0 Å². The summed E-state index contributed by atoms with van der Waals surface area (Å²) in [4.78, 5) is 11.7. The summed E-state index contributed by atoms with van der Waals surface area (Å²) in [5.41, 5.74) is 1.38. The van der Waals surface area contributed by atoms with Gasteiger partial charge in [0.2, 0.25) is 0 Å². The molecule has 2 aromatic rings. The van der Waals surface area contributed by atoms with E-state index in [0.29, 0.717) is 18.5 Å². The van der Waals surface area contributed by atoms with Crippen LogP contribution in [0.4, 0.5) is 0 Å². The first-order valence-corrected chi connectivity index (χ1v) is 5.56. The van der Waals surface area contributed by atoms with Crippen molar-refractivity contribution in [2.75, 3.05) is 6.54 Å². The van der Waals surface area contributed by atoms with E-state index in [1.54, 1.807) is 10.9 Å². The van der Waals surface area contributed by atoms with E-state index in [2.05, 4.69) is 10.4 Å². The standard InChI is InChI=1S/C13H12N4O/c14-7-4-8-15-13(18)11-9-16-17(10-11)12-5-2-1-3-6-12/h1-3,5-6,9-10H,4,8H2,(H,15,18). The molecule has 0 aliphatic heterocycles. The number of rotatable bonds is 4. The van der Waals surface area contributed by atoms with Crippen LogP contribution in [0.25, 0.3) is 5.69 Å². The lowest BCUT2D eigenvalue weighted by molar-refractivity contribution is 0.0954. The minimum Gasteiger partial charge on any atom is -0.351 e. The van der Waals surface area contributed by atoms with Gasteiger partial charge in [-0.2, -0.15) is 10.4 Å². The number of amides is 1. The van der Waals surface area contributed by atoms with Crippen LogP contribution in [0.1, 0.15) is 16.8 Å². The number of nitrogens with zero attached hydrogens (tertiary/aromatic N) is 3. The molecule has 1 aromatic carbocycles. The number of para-hydroxylation sites is 1. The number of carbonyl (C=O) groups is 1. The predicted molar refractivity (Wildman–Crippen MR) is 66.1 cm³/mol. The largest absolute Gasteiger partial charge is 0.351 e. The molecule has 18 heavy (non-hydrogen) atoms. The lowest BCUT2D eigenvalue weighted by atomic mass is 10.3. The summed E-state index contributed by atoms with van der Waals surface area (Å²) >= 11 is 0. The molecule has 1 N–H and O–H groups in total. The first kappa shape index (κ1) is 11.9. The van der Waals surface area contributed by atoms with Gasteiger partial charge in [-0.15, -0.1) is 0 Å². The van der Waals surface area contributed by atoms with Gasteiger partial charge in [0.1, 0.15) is 0 Å². The Kier molecular flexibility index (Phi) is 3.72. The average Bonchev–Trinajstić information content (AvgIpc) is 2.89. The fourth-order valence-electron chi connectivity index (χ4n) is 1.50. The average molecular weight is 240 g/mol. The van der Waals surface area contributed by atoms with E-state index in [4.69, 9.17) is 5.26 Å².